The van der Waals surface area contributed by atoms with Crippen LogP contribution in [0.15, 0.2) is 130 Å². The van der Waals surface area contributed by atoms with E-state index in [1.807, 2.05) is 11.3 Å². The van der Waals surface area contributed by atoms with Crippen molar-refractivity contribution in [3.8, 4) is 16.8 Å². The summed E-state index contributed by atoms with van der Waals surface area (Å²) >= 11 is 1.87. The minimum atomic E-state index is -0.00448. The van der Waals surface area contributed by atoms with Crippen molar-refractivity contribution >= 4 is 116 Å². The van der Waals surface area contributed by atoms with Gasteiger partial charge >= 0.3 is 0 Å². The van der Waals surface area contributed by atoms with Crippen LogP contribution in [0.25, 0.3) is 91.7 Å². The van der Waals surface area contributed by atoms with Crippen molar-refractivity contribution in [1.82, 2.24) is 4.57 Å². The third-order valence-corrected chi connectivity index (χ3v) is 14.6. The topological polar surface area (TPSA) is 43.2 Å². The highest BCUT2D eigenvalue weighted by atomic mass is 32.1. The van der Waals surface area contributed by atoms with E-state index < -0.39 is 0 Å². The molecule has 0 atom stereocenters. The molecule has 1 aliphatic heterocycles. The monoisotopic (exact) mass is 824 g/mol. The number of nitrogens with one attached hydrogen (secondary N) is 1. The highest BCUT2D eigenvalue weighted by molar-refractivity contribution is 7.25. The zero-order valence-electron chi connectivity index (χ0n) is 36.9. The molecule has 0 spiro atoms. The summed E-state index contributed by atoms with van der Waals surface area (Å²) in [4.78, 5) is 0. The lowest BCUT2D eigenvalue weighted by Crippen LogP contribution is -2.36. The van der Waals surface area contributed by atoms with Gasteiger partial charge in [-0.15, -0.1) is 11.3 Å². The van der Waals surface area contributed by atoms with Crippen LogP contribution in [0.5, 0.6) is 0 Å². The van der Waals surface area contributed by atoms with Crippen LogP contribution in [0.3, 0.4) is 0 Å². The van der Waals surface area contributed by atoms with Gasteiger partial charge in [-0.05, 0) is 105 Å². The van der Waals surface area contributed by atoms with Gasteiger partial charge in [-0.3, -0.25) is 0 Å². The fourth-order valence-corrected chi connectivity index (χ4v) is 11.1. The van der Waals surface area contributed by atoms with Crippen molar-refractivity contribution in [2.45, 2.75) is 78.6 Å². The highest BCUT2D eigenvalue weighted by Crippen LogP contribution is 2.45. The number of anilines is 2. The smallest absolute Gasteiger partial charge is 0.244 e. The fourth-order valence-electron chi connectivity index (χ4n) is 10.0. The molecule has 0 bridgehead atoms. The summed E-state index contributed by atoms with van der Waals surface area (Å²) in [5.74, 6) is 0. The number of nitrogens with zero attached hydrogens (tertiary/aromatic N) is 1. The number of fused-ring (bicyclic) bond motifs is 13. The molecule has 304 valence electrons. The van der Waals surface area contributed by atoms with E-state index in [0.29, 0.717) is 7.28 Å². The minimum absolute atomic E-state index is 0.00448. The van der Waals surface area contributed by atoms with Crippen LogP contribution in [0, 0.1) is 0 Å². The third kappa shape index (κ3) is 5.58. The van der Waals surface area contributed by atoms with Crippen molar-refractivity contribution in [3.63, 3.8) is 0 Å². The van der Waals surface area contributed by atoms with Gasteiger partial charge in [0.25, 0.3) is 0 Å². The maximum absolute atomic E-state index is 6.95. The molecule has 7 aromatic carbocycles. The van der Waals surface area contributed by atoms with E-state index in [9.17, 15) is 0 Å². The molecule has 5 heterocycles. The fraction of sp³-hybridized carbons (Fsp3) is 0.214. The Balaban J connectivity index is 1.15. The Hall–Kier alpha value is -6.24. The van der Waals surface area contributed by atoms with E-state index in [4.69, 9.17) is 8.83 Å². The van der Waals surface area contributed by atoms with Gasteiger partial charge < -0.3 is 18.7 Å². The molecule has 0 aliphatic carbocycles. The van der Waals surface area contributed by atoms with Crippen LogP contribution in [-0.2, 0) is 16.2 Å². The Morgan fingerprint density at radius 3 is 1.97 bits per heavy atom. The molecule has 0 fully saturated rings. The number of thiophene rings is 1. The molecule has 0 radical (unpaired) electrons. The quantitative estimate of drug-likeness (QED) is 0.181. The van der Waals surface area contributed by atoms with Crippen molar-refractivity contribution in [1.29, 1.82) is 0 Å². The third-order valence-electron chi connectivity index (χ3n) is 13.5. The Kier molecular flexibility index (Phi) is 7.67. The lowest BCUT2D eigenvalue weighted by Gasteiger charge is -2.22. The molecular formula is C56H49BN2O2S. The summed E-state index contributed by atoms with van der Waals surface area (Å²) in [6.45, 7) is 20.4. The second-order valence-corrected chi connectivity index (χ2v) is 21.8. The second kappa shape index (κ2) is 12.7. The van der Waals surface area contributed by atoms with E-state index in [0.717, 1.165) is 61.2 Å². The number of aromatic nitrogens is 1. The molecule has 0 unspecified atom stereocenters. The first-order valence-electron chi connectivity index (χ1n) is 21.9. The van der Waals surface area contributed by atoms with Crippen molar-refractivity contribution in [2.75, 3.05) is 5.32 Å². The predicted molar refractivity (Wildman–Crippen MR) is 268 cm³/mol. The summed E-state index contributed by atoms with van der Waals surface area (Å²) in [5, 5.41) is 12.4. The normalized spacial score (nSPS) is 13.4. The summed E-state index contributed by atoms with van der Waals surface area (Å²) in [5.41, 5.74) is 16.9. The van der Waals surface area contributed by atoms with Gasteiger partial charge in [-0.1, -0.05) is 123 Å². The maximum Gasteiger partial charge on any atom is 0.244 e. The highest BCUT2D eigenvalue weighted by Gasteiger charge is 2.32. The van der Waals surface area contributed by atoms with Gasteiger partial charge in [0.2, 0.25) is 7.28 Å². The van der Waals surface area contributed by atoms with Crippen LogP contribution >= 0.6 is 11.3 Å². The molecule has 62 heavy (non-hydrogen) atoms. The molecule has 6 heteroatoms. The number of benzene rings is 7. The first-order chi connectivity index (χ1) is 29.6. The Morgan fingerprint density at radius 2 is 1.19 bits per heavy atom. The van der Waals surface area contributed by atoms with Crippen molar-refractivity contribution in [2.24, 2.45) is 0 Å². The lowest BCUT2D eigenvalue weighted by atomic mass is 9.62. The predicted octanol–water partition coefficient (Wildman–Crippen LogP) is 14.8. The van der Waals surface area contributed by atoms with Gasteiger partial charge in [0.15, 0.2) is 0 Å². The zero-order chi connectivity index (χ0) is 42.6. The molecule has 0 amide bonds. The van der Waals surface area contributed by atoms with Crippen LogP contribution in [-0.4, -0.2) is 11.8 Å². The Bertz CT molecular complexity index is 3690. The second-order valence-electron chi connectivity index (χ2n) is 20.7. The zero-order valence-corrected chi connectivity index (χ0v) is 37.7. The van der Waals surface area contributed by atoms with Gasteiger partial charge in [-0.25, -0.2) is 0 Å². The first kappa shape index (κ1) is 37.5. The summed E-state index contributed by atoms with van der Waals surface area (Å²) in [7, 11) is 0.669. The standard InChI is InChI=1S/C56H49BN2O2S/c1-54(2,3)30-14-18-33(19-15-30)58-43-27-40-34-20-16-32(56(7,8)9)25-46(34)60-47(40)28-38(43)36-21-22-37-39-26-41-35-12-10-11-13-48(35)62-49(41)29-44(39)59-51(37)50(36)57-53-52(59)42-24-31(55(4,5)6)17-23-45(42)61-53/h10-29,57-58H,1-9H3. The van der Waals surface area contributed by atoms with Gasteiger partial charge in [0, 0.05) is 69.6 Å². The average molecular weight is 825 g/mol. The van der Waals surface area contributed by atoms with E-state index in [1.54, 1.807) is 0 Å². The molecule has 11 aromatic rings. The average Bonchev–Trinajstić information content (AvgIpc) is 3.97. The number of hydrogen-bond donors (Lipinski definition) is 1. The molecule has 12 rings (SSSR count). The maximum atomic E-state index is 6.95. The van der Waals surface area contributed by atoms with E-state index in [-0.39, 0.29) is 16.2 Å². The van der Waals surface area contributed by atoms with Crippen LogP contribution in [0.1, 0.15) is 79.0 Å². The minimum Gasteiger partial charge on any atom is -0.469 e. The van der Waals surface area contributed by atoms with Crippen molar-refractivity contribution in [3.05, 3.63) is 138 Å². The van der Waals surface area contributed by atoms with E-state index in [2.05, 4.69) is 194 Å². The number of hydrogen-bond acceptors (Lipinski definition) is 4. The molecule has 0 saturated carbocycles. The molecule has 1 aliphatic rings. The molecule has 4 aromatic heterocycles. The van der Waals surface area contributed by atoms with Crippen LogP contribution in [0.4, 0.5) is 11.4 Å². The largest absolute Gasteiger partial charge is 0.469 e. The summed E-state index contributed by atoms with van der Waals surface area (Å²) < 4.78 is 18.9. The summed E-state index contributed by atoms with van der Waals surface area (Å²) in [6, 6.07) is 45.4. The lowest BCUT2D eigenvalue weighted by molar-refractivity contribution is 0.587. The Labute approximate surface area is 366 Å². The van der Waals surface area contributed by atoms with Gasteiger partial charge in [0.05, 0.1) is 16.9 Å². The Morgan fingerprint density at radius 1 is 0.500 bits per heavy atom. The van der Waals surface area contributed by atoms with Crippen LogP contribution in [0.2, 0.25) is 0 Å². The van der Waals surface area contributed by atoms with Gasteiger partial charge in [-0.2, -0.15) is 0 Å². The molecule has 0 saturated heterocycles. The van der Waals surface area contributed by atoms with Gasteiger partial charge in [0.1, 0.15) is 16.7 Å². The van der Waals surface area contributed by atoms with E-state index in [1.165, 1.54) is 69.7 Å². The number of furan rings is 2. The first-order valence-corrected chi connectivity index (χ1v) is 22.8. The SMILES string of the molecule is CC(C)(C)c1ccc(Nc2cc3c(cc2-c2ccc4c5cc6c(cc5n5c4c2Bc2oc4ccc(C(C)(C)C)cc4c2-5)sc2ccccc26)oc2cc(C(C)(C)C)ccc23)cc1. The summed E-state index contributed by atoms with van der Waals surface area (Å²) in [6.07, 6.45) is 0. The molecule has 4 nitrogen and oxygen atoms in total. The number of rotatable bonds is 3. The molecule has 1 N–H and O–H groups in total. The molecular weight excluding hydrogens is 776 g/mol. The van der Waals surface area contributed by atoms with E-state index >= 15 is 0 Å². The van der Waals surface area contributed by atoms with Crippen LogP contribution < -0.4 is 16.4 Å². The van der Waals surface area contributed by atoms with Crippen molar-refractivity contribution < 1.29 is 8.83 Å².